The fraction of sp³-hybridized carbons (Fsp3) is 0.263. The maximum atomic E-state index is 12.3. The molecule has 0 N–H and O–H groups in total. The van der Waals surface area contributed by atoms with E-state index in [1.807, 2.05) is 36.7 Å². The Morgan fingerprint density at radius 1 is 1.12 bits per heavy atom. The highest BCUT2D eigenvalue weighted by molar-refractivity contribution is 6.34. The molecule has 122 valence electrons. The Balaban J connectivity index is 1.42. The molecule has 1 aromatic heterocycles. The number of likely N-dealkylation sites (tertiary alicyclic amines) is 1. The van der Waals surface area contributed by atoms with Gasteiger partial charge in [-0.25, -0.2) is 4.98 Å². The molecule has 4 nitrogen and oxygen atoms in total. The molecule has 2 fully saturated rings. The average molecular weight is 340 g/mol. The number of carbonyl (C=O) groups is 1. The Kier molecular flexibility index (Phi) is 3.98. The molecule has 2 aromatic rings. The van der Waals surface area contributed by atoms with Crippen molar-refractivity contribution in [3.8, 4) is 0 Å². The van der Waals surface area contributed by atoms with Crippen LogP contribution in [0, 0.1) is 0 Å². The third-order valence-corrected chi connectivity index (χ3v) is 5.11. The first-order chi connectivity index (χ1) is 11.7. The van der Waals surface area contributed by atoms with E-state index in [0.29, 0.717) is 22.7 Å². The summed E-state index contributed by atoms with van der Waals surface area (Å²) in [5, 5.41) is 0.497. The van der Waals surface area contributed by atoms with Crippen LogP contribution in [0.15, 0.2) is 60.9 Å². The number of rotatable bonds is 4. The van der Waals surface area contributed by atoms with Crippen LogP contribution >= 0.6 is 11.6 Å². The van der Waals surface area contributed by atoms with E-state index in [4.69, 9.17) is 11.6 Å². The minimum atomic E-state index is -0.0510. The van der Waals surface area contributed by atoms with Crippen molar-refractivity contribution in [1.82, 2.24) is 9.88 Å². The first-order valence-electron chi connectivity index (χ1n) is 8.13. The van der Waals surface area contributed by atoms with E-state index in [-0.39, 0.29) is 5.78 Å². The van der Waals surface area contributed by atoms with Crippen molar-refractivity contribution in [1.29, 1.82) is 0 Å². The molecule has 3 heterocycles. The summed E-state index contributed by atoms with van der Waals surface area (Å²) < 4.78 is 0. The van der Waals surface area contributed by atoms with E-state index in [2.05, 4.69) is 20.9 Å². The summed E-state index contributed by atoms with van der Waals surface area (Å²) in [4.78, 5) is 21.4. The van der Waals surface area contributed by atoms with Gasteiger partial charge in [0, 0.05) is 49.2 Å². The van der Waals surface area contributed by atoms with Gasteiger partial charge < -0.3 is 9.80 Å². The average Bonchev–Trinajstić information content (AvgIpc) is 3.21. The number of nitrogens with zero attached hydrogens (tertiary/aromatic N) is 3. The molecular formula is C19H18ClN3O. The van der Waals surface area contributed by atoms with Crippen molar-refractivity contribution in [3.63, 3.8) is 0 Å². The normalized spacial score (nSPS) is 22.5. The zero-order chi connectivity index (χ0) is 16.5. The third kappa shape index (κ3) is 2.78. The standard InChI is InChI=1S/C19H18ClN3O/c20-17-6-2-1-5-16(17)18(24)8-10-22-12-15-11-14(22)13-23(15)19-7-3-4-9-21-19/h1-10,14-15H,11-13H2/b10-8+/t14-,15-/m1/s1. The van der Waals surface area contributed by atoms with Crippen LogP contribution in [0.1, 0.15) is 16.8 Å². The highest BCUT2D eigenvalue weighted by Crippen LogP contribution is 2.33. The van der Waals surface area contributed by atoms with Crippen LogP contribution < -0.4 is 4.90 Å². The summed E-state index contributed by atoms with van der Waals surface area (Å²) in [6, 6.07) is 14.1. The van der Waals surface area contributed by atoms with Crippen LogP contribution in [-0.4, -0.2) is 40.8 Å². The summed E-state index contributed by atoms with van der Waals surface area (Å²) in [6.07, 6.45) is 6.50. The highest BCUT2D eigenvalue weighted by atomic mass is 35.5. The molecule has 0 spiro atoms. The second-order valence-electron chi connectivity index (χ2n) is 6.24. The first-order valence-corrected chi connectivity index (χ1v) is 8.50. The fourth-order valence-corrected chi connectivity index (χ4v) is 3.83. The van der Waals surface area contributed by atoms with E-state index >= 15 is 0 Å². The summed E-state index contributed by atoms with van der Waals surface area (Å²) in [6.45, 7) is 1.87. The molecular weight excluding hydrogens is 322 g/mol. The van der Waals surface area contributed by atoms with Gasteiger partial charge in [-0.05, 0) is 30.7 Å². The van der Waals surface area contributed by atoms with Crippen LogP contribution in [0.2, 0.25) is 5.02 Å². The van der Waals surface area contributed by atoms with Gasteiger partial charge >= 0.3 is 0 Å². The number of allylic oxidation sites excluding steroid dienone is 1. The van der Waals surface area contributed by atoms with E-state index in [1.54, 1.807) is 18.2 Å². The number of ketones is 1. The first kappa shape index (κ1) is 15.2. The molecule has 24 heavy (non-hydrogen) atoms. The number of anilines is 1. The molecule has 2 aliphatic heterocycles. The Hall–Kier alpha value is -2.33. The van der Waals surface area contributed by atoms with Gasteiger partial charge in [-0.1, -0.05) is 29.8 Å². The molecule has 1 aromatic carbocycles. The lowest BCUT2D eigenvalue weighted by Crippen LogP contribution is -2.44. The SMILES string of the molecule is O=C(/C=C/N1C[C@H]2C[C@@H]1CN2c1ccccn1)c1ccccc1Cl. The van der Waals surface area contributed by atoms with E-state index < -0.39 is 0 Å². The molecule has 5 heteroatoms. The fourth-order valence-electron chi connectivity index (χ4n) is 3.60. The molecule has 0 unspecified atom stereocenters. The number of halogens is 1. The summed E-state index contributed by atoms with van der Waals surface area (Å²) >= 11 is 6.08. The number of piperazine rings is 1. The number of carbonyl (C=O) groups excluding carboxylic acids is 1. The monoisotopic (exact) mass is 339 g/mol. The lowest BCUT2D eigenvalue weighted by atomic mass is 10.1. The van der Waals surface area contributed by atoms with E-state index in [1.165, 1.54) is 0 Å². The molecule has 0 saturated carbocycles. The molecule has 2 saturated heterocycles. The molecule has 2 bridgehead atoms. The molecule has 0 amide bonds. The van der Waals surface area contributed by atoms with Crippen molar-refractivity contribution >= 4 is 23.2 Å². The predicted octanol–water partition coefficient (Wildman–Crippen LogP) is 3.39. The second kappa shape index (κ2) is 6.29. The minimum absolute atomic E-state index is 0.0510. The van der Waals surface area contributed by atoms with Crippen LogP contribution in [0.25, 0.3) is 0 Å². The van der Waals surface area contributed by atoms with E-state index in [0.717, 1.165) is 25.3 Å². The number of hydrogen-bond acceptors (Lipinski definition) is 4. The zero-order valence-electron chi connectivity index (χ0n) is 13.2. The second-order valence-corrected chi connectivity index (χ2v) is 6.65. The lowest BCUT2D eigenvalue weighted by Gasteiger charge is -2.34. The summed E-state index contributed by atoms with van der Waals surface area (Å²) in [7, 11) is 0. The van der Waals surface area contributed by atoms with Gasteiger partial charge in [0.25, 0.3) is 0 Å². The van der Waals surface area contributed by atoms with Gasteiger partial charge in [0.15, 0.2) is 5.78 Å². The van der Waals surface area contributed by atoms with Crippen molar-refractivity contribution < 1.29 is 4.79 Å². The van der Waals surface area contributed by atoms with Crippen molar-refractivity contribution in [3.05, 3.63) is 71.5 Å². The van der Waals surface area contributed by atoms with Gasteiger partial charge in [0.2, 0.25) is 0 Å². The maximum Gasteiger partial charge on any atom is 0.188 e. The third-order valence-electron chi connectivity index (χ3n) is 4.78. The summed E-state index contributed by atoms with van der Waals surface area (Å²) in [5.41, 5.74) is 0.551. The molecule has 2 atom stereocenters. The van der Waals surface area contributed by atoms with Crippen LogP contribution in [-0.2, 0) is 0 Å². The van der Waals surface area contributed by atoms with Crippen LogP contribution in [0.3, 0.4) is 0 Å². The smallest absolute Gasteiger partial charge is 0.188 e. The molecule has 0 aliphatic carbocycles. The van der Waals surface area contributed by atoms with Crippen molar-refractivity contribution in [2.45, 2.75) is 18.5 Å². The van der Waals surface area contributed by atoms with E-state index in [9.17, 15) is 4.79 Å². The quantitative estimate of drug-likeness (QED) is 0.632. The van der Waals surface area contributed by atoms with Crippen molar-refractivity contribution in [2.75, 3.05) is 18.0 Å². The Bertz CT molecular complexity index is 777. The minimum Gasteiger partial charge on any atom is -0.370 e. The van der Waals surface area contributed by atoms with Crippen LogP contribution in [0.5, 0.6) is 0 Å². The lowest BCUT2D eigenvalue weighted by molar-refractivity contribution is 0.104. The van der Waals surface area contributed by atoms with Crippen molar-refractivity contribution in [2.24, 2.45) is 0 Å². The van der Waals surface area contributed by atoms with Gasteiger partial charge in [-0.3, -0.25) is 4.79 Å². The Morgan fingerprint density at radius 3 is 2.67 bits per heavy atom. The predicted molar refractivity (Wildman–Crippen MR) is 95.4 cm³/mol. The maximum absolute atomic E-state index is 12.3. The summed E-state index contributed by atoms with van der Waals surface area (Å²) in [5.74, 6) is 0.991. The molecule has 2 aliphatic rings. The highest BCUT2D eigenvalue weighted by Gasteiger charge is 2.42. The Morgan fingerprint density at radius 2 is 1.96 bits per heavy atom. The zero-order valence-corrected chi connectivity index (χ0v) is 13.9. The Labute approximate surface area is 146 Å². The number of aromatic nitrogens is 1. The van der Waals surface area contributed by atoms with Gasteiger partial charge in [0.05, 0.1) is 5.02 Å². The van der Waals surface area contributed by atoms with Gasteiger partial charge in [0.1, 0.15) is 5.82 Å². The van der Waals surface area contributed by atoms with Gasteiger partial charge in [-0.15, -0.1) is 0 Å². The number of benzene rings is 1. The number of hydrogen-bond donors (Lipinski definition) is 0. The largest absolute Gasteiger partial charge is 0.370 e. The number of fused-ring (bicyclic) bond motifs is 2. The molecule has 0 radical (unpaired) electrons. The topological polar surface area (TPSA) is 36.4 Å². The number of pyridine rings is 1. The van der Waals surface area contributed by atoms with Gasteiger partial charge in [-0.2, -0.15) is 0 Å². The van der Waals surface area contributed by atoms with Crippen LogP contribution in [0.4, 0.5) is 5.82 Å². The molecule has 4 rings (SSSR count).